The van der Waals surface area contributed by atoms with Crippen LogP contribution in [0.4, 0.5) is 0 Å². The SMILES string of the molecule is CCNCc1cc(OC)ccc1OCCCOCC. The predicted molar refractivity (Wildman–Crippen MR) is 77.0 cm³/mol. The van der Waals surface area contributed by atoms with Gasteiger partial charge in [-0.1, -0.05) is 6.92 Å². The molecule has 0 unspecified atom stereocenters. The predicted octanol–water partition coefficient (Wildman–Crippen LogP) is 2.61. The van der Waals surface area contributed by atoms with Crippen molar-refractivity contribution in [1.82, 2.24) is 5.32 Å². The van der Waals surface area contributed by atoms with E-state index in [1.807, 2.05) is 25.1 Å². The number of nitrogens with one attached hydrogen (secondary N) is 1. The van der Waals surface area contributed by atoms with Crippen molar-refractivity contribution in [3.05, 3.63) is 23.8 Å². The summed E-state index contributed by atoms with van der Waals surface area (Å²) in [5.41, 5.74) is 1.12. The molecule has 1 aromatic rings. The number of methoxy groups -OCH3 is 1. The Labute approximate surface area is 116 Å². The first-order chi connectivity index (χ1) is 9.31. The normalized spacial score (nSPS) is 10.5. The van der Waals surface area contributed by atoms with Crippen LogP contribution in [0.1, 0.15) is 25.8 Å². The summed E-state index contributed by atoms with van der Waals surface area (Å²) in [5, 5.41) is 3.31. The van der Waals surface area contributed by atoms with Crippen molar-refractivity contribution in [2.45, 2.75) is 26.8 Å². The van der Waals surface area contributed by atoms with Crippen molar-refractivity contribution in [3.63, 3.8) is 0 Å². The molecule has 1 N–H and O–H groups in total. The quantitative estimate of drug-likeness (QED) is 0.661. The van der Waals surface area contributed by atoms with E-state index in [9.17, 15) is 0 Å². The van der Waals surface area contributed by atoms with Gasteiger partial charge >= 0.3 is 0 Å². The largest absolute Gasteiger partial charge is 0.497 e. The second kappa shape index (κ2) is 9.64. The Kier molecular flexibility index (Phi) is 8.02. The highest BCUT2D eigenvalue weighted by Gasteiger charge is 2.05. The Hall–Kier alpha value is -1.26. The summed E-state index contributed by atoms with van der Waals surface area (Å²) >= 11 is 0. The lowest BCUT2D eigenvalue weighted by molar-refractivity contribution is 0.130. The molecule has 19 heavy (non-hydrogen) atoms. The summed E-state index contributed by atoms with van der Waals surface area (Å²) in [6.45, 7) is 7.98. The molecule has 0 saturated heterocycles. The van der Waals surface area contributed by atoms with E-state index in [4.69, 9.17) is 14.2 Å². The smallest absolute Gasteiger partial charge is 0.124 e. The zero-order chi connectivity index (χ0) is 13.9. The van der Waals surface area contributed by atoms with Crippen LogP contribution in [0.3, 0.4) is 0 Å². The van der Waals surface area contributed by atoms with Crippen LogP contribution in [0.5, 0.6) is 11.5 Å². The van der Waals surface area contributed by atoms with E-state index in [-0.39, 0.29) is 0 Å². The lowest BCUT2D eigenvalue weighted by Gasteiger charge is -2.13. The van der Waals surface area contributed by atoms with E-state index in [0.29, 0.717) is 6.61 Å². The highest BCUT2D eigenvalue weighted by molar-refractivity contribution is 5.40. The van der Waals surface area contributed by atoms with Crippen LogP contribution < -0.4 is 14.8 Å². The van der Waals surface area contributed by atoms with E-state index >= 15 is 0 Å². The van der Waals surface area contributed by atoms with Gasteiger partial charge in [-0.2, -0.15) is 0 Å². The van der Waals surface area contributed by atoms with E-state index in [0.717, 1.165) is 49.8 Å². The molecule has 0 aliphatic heterocycles. The van der Waals surface area contributed by atoms with Crippen molar-refractivity contribution >= 4 is 0 Å². The molecule has 1 aromatic carbocycles. The molecule has 0 aliphatic rings. The van der Waals surface area contributed by atoms with Crippen molar-refractivity contribution in [2.75, 3.05) is 33.5 Å². The zero-order valence-electron chi connectivity index (χ0n) is 12.2. The molecular formula is C15H25NO3. The molecule has 0 aromatic heterocycles. The van der Waals surface area contributed by atoms with Crippen molar-refractivity contribution < 1.29 is 14.2 Å². The second-order valence-corrected chi connectivity index (χ2v) is 4.15. The second-order valence-electron chi connectivity index (χ2n) is 4.15. The first-order valence-electron chi connectivity index (χ1n) is 6.90. The molecular weight excluding hydrogens is 242 g/mol. The van der Waals surface area contributed by atoms with Crippen molar-refractivity contribution in [3.8, 4) is 11.5 Å². The topological polar surface area (TPSA) is 39.7 Å². The fraction of sp³-hybridized carbons (Fsp3) is 0.600. The third-order valence-electron chi connectivity index (χ3n) is 2.73. The Bertz CT molecular complexity index is 355. The van der Waals surface area contributed by atoms with Crippen LogP contribution in [-0.4, -0.2) is 33.5 Å². The summed E-state index contributed by atoms with van der Waals surface area (Å²) < 4.78 is 16.3. The van der Waals surface area contributed by atoms with Gasteiger partial charge in [-0.25, -0.2) is 0 Å². The van der Waals surface area contributed by atoms with Gasteiger partial charge in [0.05, 0.1) is 13.7 Å². The maximum Gasteiger partial charge on any atom is 0.124 e. The first-order valence-corrected chi connectivity index (χ1v) is 6.90. The van der Waals surface area contributed by atoms with Crippen LogP contribution in [0, 0.1) is 0 Å². The highest BCUT2D eigenvalue weighted by Crippen LogP contribution is 2.24. The molecule has 1 rings (SSSR count). The summed E-state index contributed by atoms with van der Waals surface area (Å²) in [6, 6.07) is 5.90. The van der Waals surface area contributed by atoms with Crippen LogP contribution in [0.15, 0.2) is 18.2 Å². The van der Waals surface area contributed by atoms with Gasteiger partial charge in [0, 0.05) is 31.7 Å². The summed E-state index contributed by atoms with van der Waals surface area (Å²) in [7, 11) is 1.68. The van der Waals surface area contributed by atoms with Gasteiger partial charge < -0.3 is 19.5 Å². The van der Waals surface area contributed by atoms with Crippen LogP contribution in [0.2, 0.25) is 0 Å². The van der Waals surface area contributed by atoms with Crippen LogP contribution >= 0.6 is 0 Å². The molecule has 0 atom stereocenters. The van der Waals surface area contributed by atoms with Gasteiger partial charge in [0.1, 0.15) is 11.5 Å². The number of ether oxygens (including phenoxy) is 3. The van der Waals surface area contributed by atoms with Gasteiger partial charge in [-0.05, 0) is 31.7 Å². The van der Waals surface area contributed by atoms with Crippen LogP contribution in [0.25, 0.3) is 0 Å². The Morgan fingerprint density at radius 3 is 2.68 bits per heavy atom. The third kappa shape index (κ3) is 5.94. The Morgan fingerprint density at radius 2 is 2.00 bits per heavy atom. The fourth-order valence-electron chi connectivity index (χ4n) is 1.71. The molecule has 0 spiro atoms. The lowest BCUT2D eigenvalue weighted by Crippen LogP contribution is -2.13. The van der Waals surface area contributed by atoms with E-state index in [1.54, 1.807) is 7.11 Å². The third-order valence-corrected chi connectivity index (χ3v) is 2.73. The monoisotopic (exact) mass is 267 g/mol. The van der Waals surface area contributed by atoms with Gasteiger partial charge in [0.15, 0.2) is 0 Å². The molecule has 0 aliphatic carbocycles. The average molecular weight is 267 g/mol. The standard InChI is InChI=1S/C15H25NO3/c1-4-16-12-13-11-14(17-3)7-8-15(13)19-10-6-9-18-5-2/h7-8,11,16H,4-6,9-10,12H2,1-3H3. The number of benzene rings is 1. The lowest BCUT2D eigenvalue weighted by atomic mass is 10.2. The Balaban J connectivity index is 2.54. The number of rotatable bonds is 10. The molecule has 0 bridgehead atoms. The Morgan fingerprint density at radius 1 is 1.16 bits per heavy atom. The van der Waals surface area contributed by atoms with E-state index in [2.05, 4.69) is 12.2 Å². The van der Waals surface area contributed by atoms with Crippen LogP contribution in [-0.2, 0) is 11.3 Å². The van der Waals surface area contributed by atoms with Crippen molar-refractivity contribution in [2.24, 2.45) is 0 Å². The maximum absolute atomic E-state index is 5.80. The molecule has 4 heteroatoms. The molecule has 0 heterocycles. The van der Waals surface area contributed by atoms with Gasteiger partial charge in [0.25, 0.3) is 0 Å². The molecule has 0 radical (unpaired) electrons. The zero-order valence-corrected chi connectivity index (χ0v) is 12.2. The van der Waals surface area contributed by atoms with Gasteiger partial charge in [0.2, 0.25) is 0 Å². The van der Waals surface area contributed by atoms with E-state index in [1.165, 1.54) is 0 Å². The fourth-order valence-corrected chi connectivity index (χ4v) is 1.71. The molecule has 0 saturated carbocycles. The summed E-state index contributed by atoms with van der Waals surface area (Å²) in [6.07, 6.45) is 0.903. The molecule has 108 valence electrons. The average Bonchev–Trinajstić information content (AvgIpc) is 2.45. The van der Waals surface area contributed by atoms with Gasteiger partial charge in [-0.15, -0.1) is 0 Å². The summed E-state index contributed by atoms with van der Waals surface area (Å²) in [4.78, 5) is 0. The minimum Gasteiger partial charge on any atom is -0.497 e. The molecule has 0 fully saturated rings. The molecule has 0 amide bonds. The highest BCUT2D eigenvalue weighted by atomic mass is 16.5. The number of hydrogen-bond acceptors (Lipinski definition) is 4. The molecule has 4 nitrogen and oxygen atoms in total. The van der Waals surface area contributed by atoms with Gasteiger partial charge in [-0.3, -0.25) is 0 Å². The first kappa shape index (κ1) is 15.8. The maximum atomic E-state index is 5.80. The van der Waals surface area contributed by atoms with E-state index < -0.39 is 0 Å². The van der Waals surface area contributed by atoms with Crippen molar-refractivity contribution in [1.29, 1.82) is 0 Å². The minimum atomic E-state index is 0.672. The summed E-state index contributed by atoms with van der Waals surface area (Å²) in [5.74, 6) is 1.77. The number of hydrogen-bond donors (Lipinski definition) is 1. The minimum absolute atomic E-state index is 0.672.